The lowest BCUT2D eigenvalue weighted by Crippen LogP contribution is -1.95. The van der Waals surface area contributed by atoms with E-state index in [0.717, 1.165) is 11.2 Å². The Morgan fingerprint density at radius 1 is 1.33 bits per heavy atom. The van der Waals surface area contributed by atoms with E-state index in [9.17, 15) is 4.79 Å². The number of rotatable bonds is 4. The topological polar surface area (TPSA) is 63.3 Å². The van der Waals surface area contributed by atoms with Gasteiger partial charge in [0.2, 0.25) is 0 Å². The second kappa shape index (κ2) is 5.27. The molecule has 18 heavy (non-hydrogen) atoms. The number of hydrogen-bond acceptors (Lipinski definition) is 4. The van der Waals surface area contributed by atoms with Crippen molar-refractivity contribution in [1.29, 1.82) is 0 Å². The predicted molar refractivity (Wildman–Crippen MR) is 68.1 cm³/mol. The summed E-state index contributed by atoms with van der Waals surface area (Å²) >= 11 is 1.31. The van der Waals surface area contributed by atoms with Crippen molar-refractivity contribution < 1.29 is 14.3 Å². The normalized spacial score (nSPS) is 10.8. The maximum absolute atomic E-state index is 10.7. The van der Waals surface area contributed by atoms with E-state index in [1.165, 1.54) is 17.3 Å². The molecular formula is C13H13NO3S. The van der Waals surface area contributed by atoms with Crippen LogP contribution < -0.4 is 0 Å². The highest BCUT2D eigenvalue weighted by molar-refractivity contribution is 7.99. The molecule has 1 heterocycles. The molecule has 1 aromatic heterocycles. The molecule has 94 valence electrons. The zero-order valence-electron chi connectivity index (χ0n) is 10.1. The molecule has 0 saturated heterocycles. The van der Waals surface area contributed by atoms with Crippen LogP contribution in [-0.2, 0) is 0 Å². The average Bonchev–Trinajstić information content (AvgIpc) is 2.78. The molecule has 5 heteroatoms. The van der Waals surface area contributed by atoms with Gasteiger partial charge in [0, 0.05) is 4.90 Å². The van der Waals surface area contributed by atoms with Crippen LogP contribution in [0, 0.1) is 0 Å². The van der Waals surface area contributed by atoms with E-state index in [2.05, 4.69) is 18.8 Å². The fourth-order valence-corrected chi connectivity index (χ4v) is 2.14. The van der Waals surface area contributed by atoms with E-state index < -0.39 is 5.97 Å². The van der Waals surface area contributed by atoms with Gasteiger partial charge in [-0.2, -0.15) is 4.98 Å². The number of benzene rings is 1. The number of carboxylic acid groups (broad SMARTS) is 1. The molecule has 2 rings (SSSR count). The first kappa shape index (κ1) is 12.7. The lowest BCUT2D eigenvalue weighted by atomic mass is 10.0. The molecule has 0 saturated carbocycles. The van der Waals surface area contributed by atoms with Gasteiger partial charge in [-0.05, 0) is 35.4 Å². The van der Waals surface area contributed by atoms with Crippen molar-refractivity contribution in [3.8, 4) is 0 Å². The van der Waals surface area contributed by atoms with Crippen molar-refractivity contribution in [3.63, 3.8) is 0 Å². The summed E-state index contributed by atoms with van der Waals surface area (Å²) in [5, 5.41) is 9.07. The second-order valence-electron chi connectivity index (χ2n) is 4.13. The predicted octanol–water partition coefficient (Wildman–Crippen LogP) is 3.65. The van der Waals surface area contributed by atoms with Crippen LogP contribution in [-0.4, -0.2) is 16.1 Å². The summed E-state index contributed by atoms with van der Waals surface area (Å²) < 4.78 is 5.08. The van der Waals surface area contributed by atoms with Gasteiger partial charge in [-0.15, -0.1) is 0 Å². The van der Waals surface area contributed by atoms with E-state index in [0.29, 0.717) is 11.1 Å². The molecule has 1 aromatic carbocycles. The van der Waals surface area contributed by atoms with E-state index >= 15 is 0 Å². The molecule has 2 aromatic rings. The first-order chi connectivity index (χ1) is 8.56. The molecule has 0 spiro atoms. The van der Waals surface area contributed by atoms with E-state index in [1.807, 2.05) is 24.3 Å². The summed E-state index contributed by atoms with van der Waals surface area (Å²) in [5.41, 5.74) is 1.19. The first-order valence-corrected chi connectivity index (χ1v) is 6.34. The Hall–Kier alpha value is -1.75. The molecule has 0 fully saturated rings. The van der Waals surface area contributed by atoms with Crippen molar-refractivity contribution in [2.75, 3.05) is 0 Å². The molecule has 0 amide bonds. The molecule has 0 aliphatic carbocycles. The minimum absolute atomic E-state index is 0.0729. The molecule has 4 nitrogen and oxygen atoms in total. The average molecular weight is 263 g/mol. The molecule has 0 bridgehead atoms. The van der Waals surface area contributed by atoms with Crippen LogP contribution in [0.4, 0.5) is 0 Å². The van der Waals surface area contributed by atoms with E-state index in [4.69, 9.17) is 9.52 Å². The summed E-state index contributed by atoms with van der Waals surface area (Å²) in [7, 11) is 0. The maximum Gasteiger partial charge on any atom is 0.357 e. The van der Waals surface area contributed by atoms with Crippen LogP contribution in [0.1, 0.15) is 35.8 Å². The third-order valence-electron chi connectivity index (χ3n) is 2.45. The monoisotopic (exact) mass is 263 g/mol. The zero-order valence-corrected chi connectivity index (χ0v) is 10.9. The molecular weight excluding hydrogens is 250 g/mol. The minimum atomic E-state index is -1.08. The molecule has 0 atom stereocenters. The van der Waals surface area contributed by atoms with Gasteiger partial charge < -0.3 is 9.52 Å². The first-order valence-electron chi connectivity index (χ1n) is 5.53. The highest BCUT2D eigenvalue weighted by Gasteiger charge is 2.11. The number of aromatic carboxylic acids is 1. The Kier molecular flexibility index (Phi) is 3.72. The van der Waals surface area contributed by atoms with Gasteiger partial charge in [0.1, 0.15) is 6.26 Å². The molecule has 0 aliphatic heterocycles. The summed E-state index contributed by atoms with van der Waals surface area (Å²) in [6.45, 7) is 4.27. The summed E-state index contributed by atoms with van der Waals surface area (Å²) in [5.74, 6) is -0.592. The van der Waals surface area contributed by atoms with Crippen LogP contribution in [0.3, 0.4) is 0 Å². The van der Waals surface area contributed by atoms with Crippen molar-refractivity contribution in [1.82, 2.24) is 4.98 Å². The highest BCUT2D eigenvalue weighted by Crippen LogP contribution is 2.28. The fourth-order valence-electron chi connectivity index (χ4n) is 1.42. The lowest BCUT2D eigenvalue weighted by molar-refractivity contribution is 0.0690. The molecule has 0 aliphatic rings. The Labute approximate surface area is 109 Å². The Morgan fingerprint density at radius 3 is 2.50 bits per heavy atom. The fraction of sp³-hybridized carbons (Fsp3) is 0.231. The van der Waals surface area contributed by atoms with Gasteiger partial charge >= 0.3 is 5.97 Å². The van der Waals surface area contributed by atoms with Gasteiger partial charge in [0.15, 0.2) is 5.69 Å². The summed E-state index contributed by atoms with van der Waals surface area (Å²) in [6, 6.07) is 8.05. The van der Waals surface area contributed by atoms with Gasteiger partial charge in [-0.25, -0.2) is 4.79 Å². The third-order valence-corrected chi connectivity index (χ3v) is 3.32. The van der Waals surface area contributed by atoms with Crippen molar-refractivity contribution >= 4 is 17.7 Å². The molecule has 0 radical (unpaired) electrons. The number of oxazole rings is 1. The Morgan fingerprint density at radius 2 is 2.00 bits per heavy atom. The summed E-state index contributed by atoms with van der Waals surface area (Å²) in [4.78, 5) is 15.5. The number of carboxylic acids is 1. The lowest BCUT2D eigenvalue weighted by Gasteiger charge is -2.05. The minimum Gasteiger partial charge on any atom is -0.476 e. The van der Waals surface area contributed by atoms with Crippen LogP contribution in [0.25, 0.3) is 0 Å². The SMILES string of the molecule is CC(C)c1ccc(Sc2nc(C(=O)O)co2)cc1. The second-order valence-corrected chi connectivity index (χ2v) is 5.15. The quantitative estimate of drug-likeness (QED) is 0.912. The van der Waals surface area contributed by atoms with E-state index in [-0.39, 0.29) is 5.69 Å². The largest absolute Gasteiger partial charge is 0.476 e. The Balaban J connectivity index is 2.10. The zero-order chi connectivity index (χ0) is 13.1. The number of carbonyl (C=O) groups is 1. The third kappa shape index (κ3) is 2.92. The number of nitrogens with zero attached hydrogens (tertiary/aromatic N) is 1. The van der Waals surface area contributed by atoms with Gasteiger partial charge in [-0.3, -0.25) is 0 Å². The van der Waals surface area contributed by atoms with Crippen molar-refractivity contribution in [2.45, 2.75) is 29.9 Å². The van der Waals surface area contributed by atoms with E-state index in [1.54, 1.807) is 0 Å². The van der Waals surface area contributed by atoms with Gasteiger partial charge in [-0.1, -0.05) is 26.0 Å². The summed E-state index contributed by atoms with van der Waals surface area (Å²) in [6.07, 6.45) is 1.15. The molecule has 0 unspecified atom stereocenters. The number of hydrogen-bond donors (Lipinski definition) is 1. The highest BCUT2D eigenvalue weighted by atomic mass is 32.2. The van der Waals surface area contributed by atoms with Crippen LogP contribution in [0.15, 0.2) is 45.1 Å². The Bertz CT molecular complexity index is 546. The maximum atomic E-state index is 10.7. The van der Waals surface area contributed by atoms with Crippen LogP contribution in [0.5, 0.6) is 0 Å². The number of aromatic nitrogens is 1. The van der Waals surface area contributed by atoms with Crippen molar-refractivity contribution in [3.05, 3.63) is 41.8 Å². The van der Waals surface area contributed by atoms with Crippen LogP contribution >= 0.6 is 11.8 Å². The van der Waals surface area contributed by atoms with Crippen molar-refractivity contribution in [2.24, 2.45) is 0 Å². The van der Waals surface area contributed by atoms with Gasteiger partial charge in [0.25, 0.3) is 5.22 Å². The molecule has 1 N–H and O–H groups in total. The standard InChI is InChI=1S/C13H13NO3S/c1-8(2)9-3-5-10(6-4-9)18-13-14-11(7-17-13)12(15)16/h3-8H,1-2H3,(H,15,16). The smallest absolute Gasteiger partial charge is 0.357 e. The van der Waals surface area contributed by atoms with Gasteiger partial charge in [0.05, 0.1) is 0 Å². The van der Waals surface area contributed by atoms with Crippen LogP contribution in [0.2, 0.25) is 0 Å².